The zero-order valence-corrected chi connectivity index (χ0v) is 11.4. The lowest BCUT2D eigenvalue weighted by molar-refractivity contribution is 0.155. The molecule has 0 saturated carbocycles. The smallest absolute Gasteiger partial charge is 0.319 e. The number of aliphatic hydroxyl groups excluding tert-OH is 1. The quantitative estimate of drug-likeness (QED) is 0.770. The molecule has 2 amide bonds. The lowest BCUT2D eigenvalue weighted by Crippen LogP contribution is -2.51. The van der Waals surface area contributed by atoms with Crippen LogP contribution in [0.15, 0.2) is 24.3 Å². The van der Waals surface area contributed by atoms with Gasteiger partial charge in [-0.1, -0.05) is 31.5 Å². The van der Waals surface area contributed by atoms with Gasteiger partial charge in [0.1, 0.15) is 0 Å². The first-order valence-corrected chi connectivity index (χ1v) is 6.38. The highest BCUT2D eigenvalue weighted by Gasteiger charge is 2.27. The molecule has 0 heterocycles. The molecule has 0 aliphatic carbocycles. The number of urea groups is 1. The lowest BCUT2D eigenvalue weighted by Gasteiger charge is -2.30. The molecule has 0 aromatic heterocycles. The third-order valence-electron chi connectivity index (χ3n) is 3.12. The molecule has 0 aliphatic heterocycles. The molecule has 0 spiro atoms. The third kappa shape index (κ3) is 3.89. The minimum absolute atomic E-state index is 0.0804. The van der Waals surface area contributed by atoms with Crippen LogP contribution in [0.1, 0.15) is 26.7 Å². The number of hydrogen-bond acceptors (Lipinski definition) is 2. The maximum Gasteiger partial charge on any atom is 0.319 e. The summed E-state index contributed by atoms with van der Waals surface area (Å²) in [5.41, 5.74) is 0.0573. The van der Waals surface area contributed by atoms with Crippen molar-refractivity contribution < 1.29 is 9.90 Å². The van der Waals surface area contributed by atoms with Gasteiger partial charge in [-0.15, -0.1) is 0 Å². The number of amides is 2. The van der Waals surface area contributed by atoms with Crippen LogP contribution in [0.4, 0.5) is 10.5 Å². The van der Waals surface area contributed by atoms with Crippen LogP contribution in [0.25, 0.3) is 0 Å². The number of halogens is 1. The summed E-state index contributed by atoms with van der Waals surface area (Å²) in [6, 6.07) is 6.58. The molecule has 1 aromatic rings. The predicted molar refractivity (Wildman–Crippen MR) is 74.0 cm³/mol. The molecule has 0 atom stereocenters. The van der Waals surface area contributed by atoms with Gasteiger partial charge in [0.05, 0.1) is 12.1 Å². The Balaban J connectivity index is 2.66. The molecule has 0 bridgehead atoms. The van der Waals surface area contributed by atoms with Crippen LogP contribution in [0, 0.1) is 0 Å². The summed E-state index contributed by atoms with van der Waals surface area (Å²) >= 11 is 5.83. The van der Waals surface area contributed by atoms with E-state index in [1.54, 1.807) is 24.3 Å². The normalized spacial score (nSPS) is 11.1. The van der Waals surface area contributed by atoms with E-state index in [9.17, 15) is 9.90 Å². The topological polar surface area (TPSA) is 61.4 Å². The van der Waals surface area contributed by atoms with Gasteiger partial charge >= 0.3 is 6.03 Å². The average Bonchev–Trinajstić information content (AvgIpc) is 2.36. The van der Waals surface area contributed by atoms with Gasteiger partial charge in [-0.3, -0.25) is 0 Å². The van der Waals surface area contributed by atoms with E-state index in [1.807, 2.05) is 13.8 Å². The summed E-state index contributed by atoms with van der Waals surface area (Å²) in [7, 11) is 0. The second-order valence-electron chi connectivity index (χ2n) is 4.24. The fourth-order valence-electron chi connectivity index (χ4n) is 1.66. The van der Waals surface area contributed by atoms with E-state index in [0.29, 0.717) is 23.6 Å². The number of rotatable bonds is 5. The number of anilines is 1. The molecule has 100 valence electrons. The summed E-state index contributed by atoms with van der Waals surface area (Å²) in [5, 5.41) is 15.4. The Morgan fingerprint density at radius 1 is 1.39 bits per heavy atom. The fraction of sp³-hybridized carbons (Fsp3) is 0.462. The average molecular weight is 271 g/mol. The molecule has 3 N–H and O–H groups in total. The van der Waals surface area contributed by atoms with Crippen LogP contribution < -0.4 is 10.6 Å². The number of benzene rings is 1. The van der Waals surface area contributed by atoms with Gasteiger partial charge in [0.25, 0.3) is 0 Å². The van der Waals surface area contributed by atoms with E-state index >= 15 is 0 Å². The SMILES string of the molecule is CCC(CC)(CO)NC(=O)Nc1cccc(Cl)c1. The van der Waals surface area contributed by atoms with Crippen molar-refractivity contribution in [1.29, 1.82) is 0 Å². The number of aliphatic hydroxyl groups is 1. The molecular weight excluding hydrogens is 252 g/mol. The van der Waals surface area contributed by atoms with Crippen LogP contribution in [0.5, 0.6) is 0 Å². The monoisotopic (exact) mass is 270 g/mol. The van der Waals surface area contributed by atoms with Crippen LogP contribution in [-0.2, 0) is 0 Å². The van der Waals surface area contributed by atoms with Crippen molar-refractivity contribution >= 4 is 23.3 Å². The molecule has 0 saturated heterocycles. The van der Waals surface area contributed by atoms with Crippen LogP contribution >= 0.6 is 11.6 Å². The van der Waals surface area contributed by atoms with E-state index in [2.05, 4.69) is 10.6 Å². The molecule has 1 aromatic carbocycles. The van der Waals surface area contributed by atoms with Gasteiger partial charge in [-0.2, -0.15) is 0 Å². The Kier molecular flexibility index (Phi) is 5.44. The van der Waals surface area contributed by atoms with Crippen molar-refractivity contribution in [3.63, 3.8) is 0 Å². The fourth-order valence-corrected chi connectivity index (χ4v) is 1.85. The zero-order valence-electron chi connectivity index (χ0n) is 10.7. The predicted octanol–water partition coefficient (Wildman–Crippen LogP) is 3.01. The van der Waals surface area contributed by atoms with Gasteiger partial charge in [-0.05, 0) is 31.0 Å². The first kappa shape index (κ1) is 14.8. The first-order chi connectivity index (χ1) is 8.55. The van der Waals surface area contributed by atoms with Gasteiger partial charge < -0.3 is 15.7 Å². The third-order valence-corrected chi connectivity index (χ3v) is 3.35. The highest BCUT2D eigenvalue weighted by molar-refractivity contribution is 6.30. The second kappa shape index (κ2) is 6.61. The summed E-state index contributed by atoms with van der Waals surface area (Å²) in [4.78, 5) is 11.8. The summed E-state index contributed by atoms with van der Waals surface area (Å²) in [6.07, 6.45) is 1.34. The van der Waals surface area contributed by atoms with E-state index in [-0.39, 0.29) is 12.6 Å². The Morgan fingerprint density at radius 3 is 2.56 bits per heavy atom. The summed E-state index contributed by atoms with van der Waals surface area (Å²) in [5.74, 6) is 0. The van der Waals surface area contributed by atoms with Gasteiger partial charge in [0.2, 0.25) is 0 Å². The van der Waals surface area contributed by atoms with E-state index in [4.69, 9.17) is 11.6 Å². The van der Waals surface area contributed by atoms with Crippen molar-refractivity contribution in [2.45, 2.75) is 32.2 Å². The molecule has 0 unspecified atom stereocenters. The van der Waals surface area contributed by atoms with Gasteiger partial charge in [0, 0.05) is 10.7 Å². The van der Waals surface area contributed by atoms with Crippen LogP contribution in [0.2, 0.25) is 5.02 Å². The van der Waals surface area contributed by atoms with Crippen molar-refractivity contribution in [2.24, 2.45) is 0 Å². The molecule has 18 heavy (non-hydrogen) atoms. The second-order valence-corrected chi connectivity index (χ2v) is 4.67. The van der Waals surface area contributed by atoms with Crippen molar-refractivity contribution in [1.82, 2.24) is 5.32 Å². The van der Waals surface area contributed by atoms with Crippen molar-refractivity contribution in [3.05, 3.63) is 29.3 Å². The van der Waals surface area contributed by atoms with E-state index < -0.39 is 5.54 Å². The van der Waals surface area contributed by atoms with Gasteiger partial charge in [-0.25, -0.2) is 4.79 Å². The van der Waals surface area contributed by atoms with Crippen molar-refractivity contribution in [3.8, 4) is 0 Å². The highest BCUT2D eigenvalue weighted by atomic mass is 35.5. The lowest BCUT2D eigenvalue weighted by atomic mass is 9.94. The zero-order chi connectivity index (χ0) is 13.6. The highest BCUT2D eigenvalue weighted by Crippen LogP contribution is 2.17. The van der Waals surface area contributed by atoms with Crippen LogP contribution in [-0.4, -0.2) is 23.3 Å². The molecule has 1 rings (SSSR count). The number of nitrogens with one attached hydrogen (secondary N) is 2. The van der Waals surface area contributed by atoms with Gasteiger partial charge in [0.15, 0.2) is 0 Å². The van der Waals surface area contributed by atoms with Crippen LogP contribution in [0.3, 0.4) is 0 Å². The van der Waals surface area contributed by atoms with E-state index in [0.717, 1.165) is 0 Å². The minimum Gasteiger partial charge on any atom is -0.394 e. The van der Waals surface area contributed by atoms with Crippen molar-refractivity contribution in [2.75, 3.05) is 11.9 Å². The molecule has 0 aliphatic rings. The Hall–Kier alpha value is -1.26. The summed E-state index contributed by atoms with van der Waals surface area (Å²) in [6.45, 7) is 3.78. The molecule has 5 heteroatoms. The minimum atomic E-state index is -0.567. The molecule has 4 nitrogen and oxygen atoms in total. The standard InChI is InChI=1S/C13H19ClN2O2/c1-3-13(4-2,9-17)16-12(18)15-11-7-5-6-10(14)8-11/h5-8,17H,3-4,9H2,1-2H3,(H2,15,16,18). The molecule has 0 fully saturated rings. The molecular formula is C13H19ClN2O2. The number of carbonyl (C=O) groups excluding carboxylic acids is 1. The Labute approximate surface area is 112 Å². The Morgan fingerprint density at radius 2 is 2.06 bits per heavy atom. The summed E-state index contributed by atoms with van der Waals surface area (Å²) < 4.78 is 0. The Bertz CT molecular complexity index is 397. The maximum atomic E-state index is 11.8. The number of hydrogen-bond donors (Lipinski definition) is 3. The molecule has 0 radical (unpaired) electrons. The maximum absolute atomic E-state index is 11.8. The van der Waals surface area contributed by atoms with E-state index in [1.165, 1.54) is 0 Å². The largest absolute Gasteiger partial charge is 0.394 e. The number of carbonyl (C=O) groups is 1. The first-order valence-electron chi connectivity index (χ1n) is 6.01.